The molecule has 1 fully saturated rings. The Bertz CT molecular complexity index is 534. The van der Waals surface area contributed by atoms with Crippen molar-refractivity contribution >= 4 is 11.3 Å². The number of likely N-dealkylation sites (tertiary alicyclic amines) is 1. The molecule has 0 spiro atoms. The summed E-state index contributed by atoms with van der Waals surface area (Å²) < 4.78 is 2.12. The van der Waals surface area contributed by atoms with E-state index in [4.69, 9.17) is 0 Å². The summed E-state index contributed by atoms with van der Waals surface area (Å²) in [7, 11) is 4.27. The number of likely N-dealkylation sites (N-methyl/N-ethyl adjacent to an activating group) is 1. The highest BCUT2D eigenvalue weighted by Gasteiger charge is 2.25. The van der Waals surface area contributed by atoms with E-state index in [1.165, 1.54) is 24.3 Å². The Morgan fingerprint density at radius 3 is 3.00 bits per heavy atom. The molecule has 0 aliphatic carbocycles. The van der Waals surface area contributed by atoms with Crippen molar-refractivity contribution in [1.82, 2.24) is 19.8 Å². The zero-order chi connectivity index (χ0) is 13.9. The van der Waals surface area contributed by atoms with Crippen LogP contribution in [0.2, 0.25) is 0 Å². The Hall–Kier alpha value is -1.17. The molecule has 2 aromatic rings. The second kappa shape index (κ2) is 6.08. The average molecular weight is 290 g/mol. The zero-order valence-corrected chi connectivity index (χ0v) is 12.9. The summed E-state index contributed by atoms with van der Waals surface area (Å²) >= 11 is 1.80. The number of piperidine rings is 1. The number of aromatic nitrogens is 2. The van der Waals surface area contributed by atoms with E-state index in [1.54, 1.807) is 11.3 Å². The highest BCUT2D eigenvalue weighted by atomic mass is 32.1. The lowest BCUT2D eigenvalue weighted by atomic mass is 10.0. The molecule has 1 saturated heterocycles. The number of rotatable bonds is 4. The fourth-order valence-electron chi connectivity index (χ4n) is 2.93. The van der Waals surface area contributed by atoms with E-state index in [-0.39, 0.29) is 6.04 Å². The summed E-state index contributed by atoms with van der Waals surface area (Å²) in [5.74, 6) is 1.10. The second-order valence-electron chi connectivity index (χ2n) is 5.61. The topological polar surface area (TPSA) is 33.1 Å². The van der Waals surface area contributed by atoms with Gasteiger partial charge >= 0.3 is 0 Å². The first-order valence-electron chi connectivity index (χ1n) is 7.19. The largest absolute Gasteiger partial charge is 0.336 e. The summed E-state index contributed by atoms with van der Waals surface area (Å²) in [6.07, 6.45) is 6.41. The zero-order valence-electron chi connectivity index (χ0n) is 12.1. The van der Waals surface area contributed by atoms with Crippen molar-refractivity contribution in [3.63, 3.8) is 0 Å². The molecule has 2 aromatic heterocycles. The predicted molar refractivity (Wildman–Crippen MR) is 83.0 cm³/mol. The minimum Gasteiger partial charge on any atom is -0.336 e. The monoisotopic (exact) mass is 290 g/mol. The molecule has 1 aliphatic heterocycles. The third kappa shape index (κ3) is 2.95. The molecule has 1 N–H and O–H groups in total. The van der Waals surface area contributed by atoms with Crippen molar-refractivity contribution in [3.8, 4) is 0 Å². The van der Waals surface area contributed by atoms with Crippen molar-refractivity contribution in [3.05, 3.63) is 40.6 Å². The summed E-state index contributed by atoms with van der Waals surface area (Å²) in [5, 5.41) is 5.96. The van der Waals surface area contributed by atoms with Gasteiger partial charge in [0.2, 0.25) is 0 Å². The average Bonchev–Trinajstić information content (AvgIpc) is 3.07. The van der Waals surface area contributed by atoms with Gasteiger partial charge in [-0.25, -0.2) is 4.98 Å². The van der Waals surface area contributed by atoms with Crippen LogP contribution in [-0.4, -0.2) is 40.6 Å². The van der Waals surface area contributed by atoms with Gasteiger partial charge in [-0.1, -0.05) is 6.07 Å². The molecule has 0 amide bonds. The van der Waals surface area contributed by atoms with Crippen LogP contribution in [0.15, 0.2) is 29.9 Å². The Balaban J connectivity index is 1.81. The molecule has 2 unspecified atom stereocenters. The molecular formula is C15H22N4S. The van der Waals surface area contributed by atoms with Gasteiger partial charge in [0.25, 0.3) is 0 Å². The molecule has 0 radical (unpaired) electrons. The van der Waals surface area contributed by atoms with Crippen LogP contribution >= 0.6 is 11.3 Å². The Labute approximate surface area is 124 Å². The number of nitrogens with one attached hydrogen (secondary N) is 1. The molecule has 0 aromatic carbocycles. The normalized spacial score (nSPS) is 22.0. The van der Waals surface area contributed by atoms with Crippen molar-refractivity contribution in [2.75, 3.05) is 20.1 Å². The molecule has 3 rings (SSSR count). The standard InChI is InChI=1S/C15H22N4S/c1-18-8-3-5-12(11-18)17-14(13-6-4-10-20-13)15-16-7-9-19(15)2/h4,6-7,9-10,12,14,17H,3,5,8,11H2,1-2H3. The van der Waals surface area contributed by atoms with Crippen LogP contribution in [0.5, 0.6) is 0 Å². The Morgan fingerprint density at radius 2 is 2.35 bits per heavy atom. The van der Waals surface area contributed by atoms with Crippen LogP contribution in [0, 0.1) is 0 Å². The summed E-state index contributed by atoms with van der Waals surface area (Å²) in [6.45, 7) is 2.33. The number of hydrogen-bond donors (Lipinski definition) is 1. The highest BCUT2D eigenvalue weighted by molar-refractivity contribution is 7.10. The second-order valence-corrected chi connectivity index (χ2v) is 6.59. The van der Waals surface area contributed by atoms with Gasteiger partial charge in [-0.2, -0.15) is 0 Å². The van der Waals surface area contributed by atoms with E-state index in [9.17, 15) is 0 Å². The van der Waals surface area contributed by atoms with E-state index in [0.29, 0.717) is 6.04 Å². The highest BCUT2D eigenvalue weighted by Crippen LogP contribution is 2.26. The van der Waals surface area contributed by atoms with Crippen molar-refractivity contribution in [2.24, 2.45) is 7.05 Å². The first-order chi connectivity index (χ1) is 9.74. The fourth-order valence-corrected chi connectivity index (χ4v) is 3.71. The first-order valence-corrected chi connectivity index (χ1v) is 8.07. The maximum atomic E-state index is 4.55. The molecule has 20 heavy (non-hydrogen) atoms. The SMILES string of the molecule is CN1CCCC(NC(c2cccs2)c2nccn2C)C1. The molecule has 5 heteroatoms. The van der Waals surface area contributed by atoms with Gasteiger partial charge in [0.15, 0.2) is 0 Å². The molecule has 0 saturated carbocycles. The lowest BCUT2D eigenvalue weighted by molar-refractivity contribution is 0.220. The van der Waals surface area contributed by atoms with Crippen LogP contribution in [0.3, 0.4) is 0 Å². The van der Waals surface area contributed by atoms with Crippen molar-refractivity contribution < 1.29 is 0 Å². The van der Waals surface area contributed by atoms with Crippen molar-refractivity contribution in [2.45, 2.75) is 24.9 Å². The maximum Gasteiger partial charge on any atom is 0.131 e. The molecular weight excluding hydrogens is 268 g/mol. The molecule has 108 valence electrons. The van der Waals surface area contributed by atoms with Crippen LogP contribution < -0.4 is 5.32 Å². The third-order valence-electron chi connectivity index (χ3n) is 3.97. The Kier molecular flexibility index (Phi) is 4.19. The minimum absolute atomic E-state index is 0.200. The van der Waals surface area contributed by atoms with Crippen LogP contribution in [-0.2, 0) is 7.05 Å². The first kappa shape index (κ1) is 13.8. The smallest absolute Gasteiger partial charge is 0.131 e. The predicted octanol–water partition coefficient (Wildman–Crippen LogP) is 2.25. The van der Waals surface area contributed by atoms with Crippen LogP contribution in [0.1, 0.15) is 29.6 Å². The van der Waals surface area contributed by atoms with Gasteiger partial charge in [-0.3, -0.25) is 5.32 Å². The molecule has 1 aliphatic rings. The lowest BCUT2D eigenvalue weighted by Gasteiger charge is -2.33. The van der Waals surface area contributed by atoms with E-state index >= 15 is 0 Å². The van der Waals surface area contributed by atoms with E-state index in [1.807, 2.05) is 12.4 Å². The summed E-state index contributed by atoms with van der Waals surface area (Å²) in [4.78, 5) is 8.30. The summed E-state index contributed by atoms with van der Waals surface area (Å²) in [5.41, 5.74) is 0. The number of nitrogens with zero attached hydrogens (tertiary/aromatic N) is 3. The maximum absolute atomic E-state index is 4.55. The number of aryl methyl sites for hydroxylation is 1. The van der Waals surface area contributed by atoms with E-state index in [0.717, 1.165) is 12.4 Å². The van der Waals surface area contributed by atoms with E-state index < -0.39 is 0 Å². The Morgan fingerprint density at radius 1 is 1.45 bits per heavy atom. The van der Waals surface area contributed by atoms with Gasteiger partial charge < -0.3 is 9.47 Å². The number of hydrogen-bond acceptors (Lipinski definition) is 4. The van der Waals surface area contributed by atoms with Gasteiger partial charge in [-0.15, -0.1) is 11.3 Å². The van der Waals surface area contributed by atoms with Gasteiger partial charge in [0.05, 0.1) is 0 Å². The lowest BCUT2D eigenvalue weighted by Crippen LogP contribution is -2.45. The van der Waals surface area contributed by atoms with Gasteiger partial charge in [0, 0.05) is 36.9 Å². The van der Waals surface area contributed by atoms with E-state index in [2.05, 4.69) is 51.4 Å². The van der Waals surface area contributed by atoms with Crippen molar-refractivity contribution in [1.29, 1.82) is 0 Å². The minimum atomic E-state index is 0.200. The van der Waals surface area contributed by atoms with Crippen LogP contribution in [0.25, 0.3) is 0 Å². The quantitative estimate of drug-likeness (QED) is 0.937. The number of imidazole rings is 1. The van der Waals surface area contributed by atoms with Crippen LogP contribution in [0.4, 0.5) is 0 Å². The fraction of sp³-hybridized carbons (Fsp3) is 0.533. The molecule has 4 nitrogen and oxygen atoms in total. The molecule has 0 bridgehead atoms. The van der Waals surface area contributed by atoms with Gasteiger partial charge in [-0.05, 0) is 37.9 Å². The van der Waals surface area contributed by atoms with Gasteiger partial charge in [0.1, 0.15) is 11.9 Å². The molecule has 3 heterocycles. The number of thiophene rings is 1. The summed E-state index contributed by atoms with van der Waals surface area (Å²) in [6, 6.07) is 5.05. The molecule has 2 atom stereocenters. The third-order valence-corrected chi connectivity index (χ3v) is 4.91.